The third kappa shape index (κ3) is 4.35. The number of hydrogen-bond donors (Lipinski definition) is 1. The van der Waals surface area contributed by atoms with Crippen LogP contribution in [0.3, 0.4) is 0 Å². The summed E-state index contributed by atoms with van der Waals surface area (Å²) in [5.41, 5.74) is 2.36. The number of hydrogen-bond acceptors (Lipinski definition) is 5. The summed E-state index contributed by atoms with van der Waals surface area (Å²) < 4.78 is 12.1. The number of nitrogens with zero attached hydrogens (tertiary/aromatic N) is 1. The number of ether oxygens (including phenoxy) is 1. The van der Waals surface area contributed by atoms with E-state index < -0.39 is 5.97 Å². The minimum atomic E-state index is -0.549. The summed E-state index contributed by atoms with van der Waals surface area (Å²) in [4.78, 5) is 27.5. The number of rotatable bonds is 4. The fraction of sp³-hybridized carbons (Fsp3) is 0.0455. The highest BCUT2D eigenvalue weighted by atomic mass is 79.9. The van der Waals surface area contributed by atoms with Crippen LogP contribution < -0.4 is 5.32 Å². The summed E-state index contributed by atoms with van der Waals surface area (Å²) in [5, 5.41) is 2.68. The number of amides is 1. The van der Waals surface area contributed by atoms with Gasteiger partial charge in [-0.2, -0.15) is 0 Å². The summed E-state index contributed by atoms with van der Waals surface area (Å²) in [6.07, 6.45) is 1.55. The number of benzene rings is 2. The van der Waals surface area contributed by atoms with Gasteiger partial charge in [-0.15, -0.1) is 0 Å². The molecule has 0 radical (unpaired) electrons. The molecule has 1 aliphatic rings. The van der Waals surface area contributed by atoms with Crippen molar-refractivity contribution >= 4 is 45.5 Å². The molecule has 0 atom stereocenters. The highest BCUT2D eigenvalue weighted by Gasteiger charge is 2.24. The second kappa shape index (κ2) is 7.89. The van der Waals surface area contributed by atoms with Crippen molar-refractivity contribution in [3.05, 3.63) is 82.2 Å². The third-order valence-corrected chi connectivity index (χ3v) is 4.64. The first-order valence-corrected chi connectivity index (χ1v) is 9.53. The van der Waals surface area contributed by atoms with Gasteiger partial charge in [-0.1, -0.05) is 28.1 Å². The Hall–Kier alpha value is -3.45. The summed E-state index contributed by atoms with van der Waals surface area (Å²) in [5.74, 6) is 0.686. The van der Waals surface area contributed by atoms with E-state index in [0.717, 1.165) is 10.0 Å². The topological polar surface area (TPSA) is 80.9 Å². The lowest BCUT2D eigenvalue weighted by molar-refractivity contribution is -0.130. The molecular weight excluding hydrogens is 436 g/mol. The standard InChI is InChI=1S/C22H15BrN2O4/c1-13(26)24-17-8-4-15(5-9-17)21-25-19(22(27)29-21)12-18-10-11-20(28-18)14-2-6-16(23)7-3-14/h2-12H,1H3,(H,24,26)/b19-12-. The zero-order valence-corrected chi connectivity index (χ0v) is 16.9. The van der Waals surface area contributed by atoms with Gasteiger partial charge in [0.2, 0.25) is 11.8 Å². The molecule has 0 unspecified atom stereocenters. The molecule has 144 valence electrons. The highest BCUT2D eigenvalue weighted by Crippen LogP contribution is 2.26. The quantitative estimate of drug-likeness (QED) is 0.447. The van der Waals surface area contributed by atoms with Crippen molar-refractivity contribution in [2.45, 2.75) is 6.92 Å². The fourth-order valence-electron chi connectivity index (χ4n) is 2.77. The molecule has 7 heteroatoms. The number of aliphatic imine (C=N–C) groups is 1. The van der Waals surface area contributed by atoms with Gasteiger partial charge < -0.3 is 14.5 Å². The zero-order valence-electron chi connectivity index (χ0n) is 15.3. The van der Waals surface area contributed by atoms with Crippen LogP contribution in [0.25, 0.3) is 17.4 Å². The molecule has 3 aromatic rings. The van der Waals surface area contributed by atoms with Gasteiger partial charge in [0.15, 0.2) is 5.70 Å². The lowest BCUT2D eigenvalue weighted by Crippen LogP contribution is -2.07. The number of halogens is 1. The van der Waals surface area contributed by atoms with Crippen LogP contribution >= 0.6 is 15.9 Å². The van der Waals surface area contributed by atoms with E-state index in [1.165, 1.54) is 6.92 Å². The van der Waals surface area contributed by atoms with Crippen LogP contribution in [-0.2, 0) is 14.3 Å². The molecular formula is C22H15BrN2O4. The molecule has 0 saturated carbocycles. The molecule has 0 bridgehead atoms. The summed E-state index contributed by atoms with van der Waals surface area (Å²) in [6, 6.07) is 18.2. The Labute approximate surface area is 175 Å². The minimum absolute atomic E-state index is 0.155. The average Bonchev–Trinajstić information content (AvgIpc) is 3.30. The minimum Gasteiger partial charge on any atom is -0.457 e. The first-order valence-electron chi connectivity index (χ1n) is 8.74. The Morgan fingerprint density at radius 1 is 1.00 bits per heavy atom. The van der Waals surface area contributed by atoms with E-state index in [4.69, 9.17) is 9.15 Å². The van der Waals surface area contributed by atoms with Crippen LogP contribution in [0.4, 0.5) is 5.69 Å². The highest BCUT2D eigenvalue weighted by molar-refractivity contribution is 9.10. The molecule has 0 spiro atoms. The van der Waals surface area contributed by atoms with E-state index in [2.05, 4.69) is 26.2 Å². The fourth-order valence-corrected chi connectivity index (χ4v) is 3.03. The second-order valence-electron chi connectivity index (χ2n) is 6.30. The lowest BCUT2D eigenvalue weighted by Gasteiger charge is -2.03. The van der Waals surface area contributed by atoms with Gasteiger partial charge in [-0.25, -0.2) is 9.79 Å². The van der Waals surface area contributed by atoms with Crippen LogP contribution in [0.15, 0.2) is 80.2 Å². The van der Waals surface area contributed by atoms with Gasteiger partial charge in [0.1, 0.15) is 11.5 Å². The number of nitrogens with one attached hydrogen (secondary N) is 1. The number of carbonyl (C=O) groups is 2. The second-order valence-corrected chi connectivity index (χ2v) is 7.22. The molecule has 1 N–H and O–H groups in total. The predicted octanol–water partition coefficient (Wildman–Crippen LogP) is 5.01. The van der Waals surface area contributed by atoms with Gasteiger partial charge in [0, 0.05) is 34.3 Å². The van der Waals surface area contributed by atoms with E-state index in [1.807, 2.05) is 30.3 Å². The van der Waals surface area contributed by atoms with Crippen LogP contribution in [0.1, 0.15) is 18.2 Å². The molecule has 0 saturated heterocycles. The maximum atomic E-state index is 12.2. The number of cyclic esters (lactones) is 1. The van der Waals surface area contributed by atoms with Gasteiger partial charge >= 0.3 is 5.97 Å². The maximum absolute atomic E-state index is 12.2. The number of esters is 1. The maximum Gasteiger partial charge on any atom is 0.363 e. The Kier molecular flexibility index (Phi) is 5.14. The molecule has 0 fully saturated rings. The van der Waals surface area contributed by atoms with E-state index in [-0.39, 0.29) is 17.5 Å². The number of furan rings is 1. The van der Waals surface area contributed by atoms with Crippen LogP contribution in [0.2, 0.25) is 0 Å². The SMILES string of the molecule is CC(=O)Nc1ccc(C2=N/C(=C\c3ccc(-c4ccc(Br)cc4)o3)C(=O)O2)cc1. The molecule has 1 aromatic heterocycles. The van der Waals surface area contributed by atoms with Crippen molar-refractivity contribution in [3.8, 4) is 11.3 Å². The Bertz CT molecular complexity index is 1140. The molecule has 1 amide bonds. The van der Waals surface area contributed by atoms with Crippen LogP contribution in [-0.4, -0.2) is 17.8 Å². The van der Waals surface area contributed by atoms with Crippen molar-refractivity contribution in [2.24, 2.45) is 4.99 Å². The lowest BCUT2D eigenvalue weighted by atomic mass is 10.2. The predicted molar refractivity (Wildman–Crippen MR) is 113 cm³/mol. The Morgan fingerprint density at radius 3 is 2.38 bits per heavy atom. The van der Waals surface area contributed by atoms with Crippen molar-refractivity contribution < 1.29 is 18.7 Å². The Morgan fingerprint density at radius 2 is 1.69 bits per heavy atom. The molecule has 2 aromatic carbocycles. The monoisotopic (exact) mass is 450 g/mol. The number of carbonyl (C=O) groups excluding carboxylic acids is 2. The van der Waals surface area contributed by atoms with Crippen LogP contribution in [0.5, 0.6) is 0 Å². The van der Waals surface area contributed by atoms with Gasteiger partial charge in [0.25, 0.3) is 0 Å². The van der Waals surface area contributed by atoms with Gasteiger partial charge in [0.05, 0.1) is 0 Å². The average molecular weight is 451 g/mol. The van der Waals surface area contributed by atoms with E-state index in [0.29, 0.717) is 22.8 Å². The van der Waals surface area contributed by atoms with Crippen molar-refractivity contribution in [1.29, 1.82) is 0 Å². The van der Waals surface area contributed by atoms with Crippen molar-refractivity contribution in [3.63, 3.8) is 0 Å². The normalized spacial score (nSPS) is 14.6. The van der Waals surface area contributed by atoms with E-state index in [9.17, 15) is 9.59 Å². The molecule has 29 heavy (non-hydrogen) atoms. The molecule has 4 rings (SSSR count). The molecule has 1 aliphatic heterocycles. The molecule has 0 aliphatic carbocycles. The third-order valence-electron chi connectivity index (χ3n) is 4.11. The molecule has 6 nitrogen and oxygen atoms in total. The summed E-state index contributed by atoms with van der Waals surface area (Å²) in [7, 11) is 0. The first-order chi connectivity index (χ1) is 14.0. The zero-order chi connectivity index (χ0) is 20.4. The summed E-state index contributed by atoms with van der Waals surface area (Å²) in [6.45, 7) is 1.44. The van der Waals surface area contributed by atoms with Gasteiger partial charge in [-0.3, -0.25) is 4.79 Å². The van der Waals surface area contributed by atoms with Gasteiger partial charge in [-0.05, 0) is 48.5 Å². The Balaban J connectivity index is 1.55. The van der Waals surface area contributed by atoms with Crippen LogP contribution in [0, 0.1) is 0 Å². The summed E-state index contributed by atoms with van der Waals surface area (Å²) >= 11 is 3.40. The molecule has 2 heterocycles. The van der Waals surface area contributed by atoms with Crippen molar-refractivity contribution in [2.75, 3.05) is 5.32 Å². The van der Waals surface area contributed by atoms with E-state index in [1.54, 1.807) is 36.4 Å². The first kappa shape index (κ1) is 18.9. The van der Waals surface area contributed by atoms with E-state index >= 15 is 0 Å². The largest absolute Gasteiger partial charge is 0.457 e. The van der Waals surface area contributed by atoms with Crippen molar-refractivity contribution in [1.82, 2.24) is 0 Å². The number of anilines is 1. The smallest absolute Gasteiger partial charge is 0.363 e.